The average molecular weight is 345 g/mol. The molecular weight excluding hydrogens is 331 g/mol. The van der Waals surface area contributed by atoms with E-state index in [-0.39, 0.29) is 27.8 Å². The monoisotopic (exact) mass is 345 g/mol. The number of thiophene rings is 1. The van der Waals surface area contributed by atoms with Crippen LogP contribution in [-0.2, 0) is 6.18 Å². The molecule has 2 aromatic heterocycles. The van der Waals surface area contributed by atoms with E-state index in [0.717, 1.165) is 23.9 Å². The molecule has 1 saturated heterocycles. The van der Waals surface area contributed by atoms with Crippen molar-refractivity contribution in [3.63, 3.8) is 0 Å². The summed E-state index contributed by atoms with van der Waals surface area (Å²) in [5.74, 6) is -0.585. The number of amides is 1. The van der Waals surface area contributed by atoms with Crippen LogP contribution in [0.2, 0.25) is 0 Å². The van der Waals surface area contributed by atoms with E-state index >= 15 is 0 Å². The lowest BCUT2D eigenvalue weighted by Gasteiger charge is -2.14. The molecule has 0 aromatic carbocycles. The number of ether oxygens (including phenoxy) is 1. The number of carbonyl (C=O) groups is 1. The summed E-state index contributed by atoms with van der Waals surface area (Å²) in [6.45, 7) is 1.31. The fourth-order valence-electron chi connectivity index (χ4n) is 2.45. The fourth-order valence-corrected chi connectivity index (χ4v) is 3.47. The van der Waals surface area contributed by atoms with E-state index in [4.69, 9.17) is 4.74 Å². The molecule has 0 radical (unpaired) electrons. The number of nitrogens with zero attached hydrogens (tertiary/aromatic N) is 1. The van der Waals surface area contributed by atoms with E-state index in [2.05, 4.69) is 15.6 Å². The summed E-state index contributed by atoms with van der Waals surface area (Å²) in [7, 11) is 1.42. The Morgan fingerprint density at radius 2 is 2.30 bits per heavy atom. The van der Waals surface area contributed by atoms with Gasteiger partial charge in [-0.05, 0) is 13.0 Å². The van der Waals surface area contributed by atoms with Crippen LogP contribution in [0.5, 0.6) is 5.88 Å². The number of aromatic nitrogens is 1. The smallest absolute Gasteiger partial charge is 0.418 e. The quantitative estimate of drug-likeness (QED) is 0.897. The predicted molar refractivity (Wildman–Crippen MR) is 79.9 cm³/mol. The number of alkyl halides is 3. The van der Waals surface area contributed by atoms with Crippen molar-refractivity contribution in [1.82, 2.24) is 15.6 Å². The van der Waals surface area contributed by atoms with Crippen LogP contribution in [0.4, 0.5) is 13.2 Å². The largest absolute Gasteiger partial charge is 0.473 e. The molecule has 1 aliphatic heterocycles. The van der Waals surface area contributed by atoms with Crippen molar-refractivity contribution in [2.45, 2.75) is 18.7 Å². The van der Waals surface area contributed by atoms with Crippen molar-refractivity contribution >= 4 is 27.5 Å². The van der Waals surface area contributed by atoms with Crippen LogP contribution in [0.25, 0.3) is 10.2 Å². The summed E-state index contributed by atoms with van der Waals surface area (Å²) in [6.07, 6.45) is -4.06. The molecule has 23 heavy (non-hydrogen) atoms. The highest BCUT2D eigenvalue weighted by atomic mass is 32.1. The second-order valence-corrected chi connectivity index (χ2v) is 6.02. The second kappa shape index (κ2) is 5.97. The Labute approximate surface area is 133 Å². The third-order valence-electron chi connectivity index (χ3n) is 3.58. The Hall–Kier alpha value is -1.87. The molecule has 1 atom stereocenters. The van der Waals surface area contributed by atoms with E-state index in [0.29, 0.717) is 13.0 Å². The van der Waals surface area contributed by atoms with E-state index in [1.165, 1.54) is 12.4 Å². The first-order valence-electron chi connectivity index (χ1n) is 6.99. The van der Waals surface area contributed by atoms with Crippen molar-refractivity contribution in [2.24, 2.45) is 0 Å². The van der Waals surface area contributed by atoms with Crippen LogP contribution in [-0.4, -0.2) is 37.1 Å². The Morgan fingerprint density at radius 3 is 2.91 bits per heavy atom. The summed E-state index contributed by atoms with van der Waals surface area (Å²) in [5.41, 5.74) is -0.693. The lowest BCUT2D eigenvalue weighted by atomic mass is 10.2. The maximum Gasteiger partial charge on any atom is 0.418 e. The lowest BCUT2D eigenvalue weighted by Crippen LogP contribution is -2.21. The zero-order valence-electron chi connectivity index (χ0n) is 12.2. The Kier molecular flexibility index (Phi) is 4.15. The van der Waals surface area contributed by atoms with Crippen LogP contribution in [0.1, 0.15) is 22.3 Å². The van der Waals surface area contributed by atoms with Crippen molar-refractivity contribution in [2.75, 3.05) is 20.1 Å². The van der Waals surface area contributed by atoms with Gasteiger partial charge in [0.1, 0.15) is 6.10 Å². The van der Waals surface area contributed by atoms with Crippen LogP contribution in [0.15, 0.2) is 11.4 Å². The standard InChI is InChI=1S/C14H14F3N3O2S/c1-18-13(21)8-6-23-12-9(14(15,16)17)4-10(20-11(8)12)22-7-2-3-19-5-7/h4,6-7,19H,2-3,5H2,1H3,(H,18,21). The molecule has 3 rings (SSSR count). The van der Waals surface area contributed by atoms with Gasteiger partial charge in [0.25, 0.3) is 5.91 Å². The highest BCUT2D eigenvalue weighted by molar-refractivity contribution is 7.17. The predicted octanol–water partition coefficient (Wildman–Crippen LogP) is 2.42. The molecule has 9 heteroatoms. The summed E-state index contributed by atoms with van der Waals surface area (Å²) in [6, 6.07) is 0.908. The first-order valence-corrected chi connectivity index (χ1v) is 7.87. The van der Waals surface area contributed by atoms with Crippen LogP contribution < -0.4 is 15.4 Å². The van der Waals surface area contributed by atoms with Gasteiger partial charge in [-0.25, -0.2) is 4.98 Å². The molecule has 124 valence electrons. The van der Waals surface area contributed by atoms with Gasteiger partial charge in [0.2, 0.25) is 5.88 Å². The molecule has 1 aliphatic rings. The number of nitrogens with one attached hydrogen (secondary N) is 2. The highest BCUT2D eigenvalue weighted by Gasteiger charge is 2.35. The molecule has 1 fully saturated rings. The van der Waals surface area contributed by atoms with E-state index in [1.54, 1.807) is 0 Å². The normalized spacial score (nSPS) is 18.3. The molecule has 3 heterocycles. The summed E-state index contributed by atoms with van der Waals surface area (Å²) in [4.78, 5) is 16.0. The van der Waals surface area contributed by atoms with Gasteiger partial charge in [-0.15, -0.1) is 11.3 Å². The van der Waals surface area contributed by atoms with E-state index in [9.17, 15) is 18.0 Å². The summed E-state index contributed by atoms with van der Waals surface area (Å²) in [5, 5.41) is 6.86. The molecule has 1 amide bonds. The van der Waals surface area contributed by atoms with Gasteiger partial charge < -0.3 is 15.4 Å². The number of hydrogen-bond acceptors (Lipinski definition) is 5. The van der Waals surface area contributed by atoms with Crippen molar-refractivity contribution in [3.8, 4) is 5.88 Å². The van der Waals surface area contributed by atoms with Gasteiger partial charge in [-0.2, -0.15) is 13.2 Å². The highest BCUT2D eigenvalue weighted by Crippen LogP contribution is 2.40. The number of halogens is 3. The van der Waals surface area contributed by atoms with Crippen LogP contribution in [0, 0.1) is 0 Å². The molecule has 0 bridgehead atoms. The van der Waals surface area contributed by atoms with Gasteiger partial charge in [0.15, 0.2) is 0 Å². The lowest BCUT2D eigenvalue weighted by molar-refractivity contribution is -0.136. The van der Waals surface area contributed by atoms with Gasteiger partial charge in [-0.3, -0.25) is 4.79 Å². The third-order valence-corrected chi connectivity index (χ3v) is 4.58. The topological polar surface area (TPSA) is 63.2 Å². The van der Waals surface area contributed by atoms with Gasteiger partial charge in [-0.1, -0.05) is 0 Å². The first kappa shape index (κ1) is 16.0. The molecule has 0 saturated carbocycles. The molecular formula is C14H14F3N3O2S. The maximum absolute atomic E-state index is 13.3. The SMILES string of the molecule is CNC(=O)c1csc2c(C(F)(F)F)cc(OC3CCNC3)nc12. The van der Waals surface area contributed by atoms with E-state index in [1.807, 2.05) is 0 Å². The molecule has 5 nitrogen and oxygen atoms in total. The Morgan fingerprint density at radius 1 is 1.52 bits per heavy atom. The number of rotatable bonds is 3. The second-order valence-electron chi connectivity index (χ2n) is 5.14. The number of hydrogen-bond donors (Lipinski definition) is 2. The zero-order chi connectivity index (χ0) is 16.6. The van der Waals surface area contributed by atoms with Crippen LogP contribution >= 0.6 is 11.3 Å². The third kappa shape index (κ3) is 3.11. The van der Waals surface area contributed by atoms with Crippen LogP contribution in [0.3, 0.4) is 0 Å². The summed E-state index contributed by atoms with van der Waals surface area (Å²) < 4.78 is 45.4. The molecule has 1 unspecified atom stereocenters. The molecule has 0 aliphatic carbocycles. The fraction of sp³-hybridized carbons (Fsp3) is 0.429. The zero-order valence-corrected chi connectivity index (χ0v) is 13.0. The Balaban J connectivity index is 2.11. The van der Waals surface area contributed by atoms with Gasteiger partial charge in [0.05, 0.1) is 21.3 Å². The van der Waals surface area contributed by atoms with Crippen molar-refractivity contribution < 1.29 is 22.7 Å². The van der Waals surface area contributed by atoms with E-state index < -0.39 is 17.6 Å². The maximum atomic E-state index is 13.3. The Bertz CT molecular complexity index is 739. The molecule has 0 spiro atoms. The average Bonchev–Trinajstić information content (AvgIpc) is 3.14. The first-order chi connectivity index (χ1) is 10.9. The van der Waals surface area contributed by atoms with Crippen molar-refractivity contribution in [1.29, 1.82) is 0 Å². The van der Waals surface area contributed by atoms with Gasteiger partial charge >= 0.3 is 6.18 Å². The van der Waals surface area contributed by atoms with Crippen molar-refractivity contribution in [3.05, 3.63) is 22.6 Å². The minimum atomic E-state index is -4.54. The van der Waals surface area contributed by atoms with Gasteiger partial charge in [0, 0.05) is 25.0 Å². The molecule has 2 N–H and O–H groups in total. The minimum Gasteiger partial charge on any atom is -0.473 e. The molecule has 2 aromatic rings. The number of pyridine rings is 1. The minimum absolute atomic E-state index is 0.0186. The number of fused-ring (bicyclic) bond motifs is 1. The summed E-state index contributed by atoms with van der Waals surface area (Å²) >= 11 is 0.851. The number of carbonyl (C=O) groups excluding carboxylic acids is 1.